The Morgan fingerprint density at radius 2 is 1.80 bits per heavy atom. The first-order valence-corrected chi connectivity index (χ1v) is 8.68. The van der Waals surface area contributed by atoms with E-state index >= 15 is 0 Å². The molecular weight excluding hydrogens is 316 g/mol. The summed E-state index contributed by atoms with van der Waals surface area (Å²) in [6.07, 6.45) is 7.52. The van der Waals surface area contributed by atoms with Crippen molar-refractivity contribution in [2.45, 2.75) is 38.5 Å². The molecular formula is C21H26O4. The molecule has 1 aliphatic carbocycles. The van der Waals surface area contributed by atoms with Crippen LogP contribution in [0.25, 0.3) is 6.08 Å². The average Bonchev–Trinajstić information content (AvgIpc) is 2.64. The first-order valence-electron chi connectivity index (χ1n) is 8.68. The molecule has 0 saturated heterocycles. The quantitative estimate of drug-likeness (QED) is 0.572. The van der Waals surface area contributed by atoms with Gasteiger partial charge in [-0.25, -0.2) is 9.59 Å². The molecule has 0 atom stereocenters. The highest BCUT2D eigenvalue weighted by molar-refractivity contribution is 5.87. The lowest BCUT2D eigenvalue weighted by molar-refractivity contribution is -0.140. The summed E-state index contributed by atoms with van der Waals surface area (Å²) in [6, 6.07) is 8.30. The lowest BCUT2D eigenvalue weighted by Crippen LogP contribution is -2.20. The first kappa shape index (κ1) is 19.0. The molecule has 4 heteroatoms. The summed E-state index contributed by atoms with van der Waals surface area (Å²) in [5.74, 6) is 0.348. The number of esters is 2. The number of ether oxygens (including phenoxy) is 2. The second kappa shape index (κ2) is 9.21. The normalized spacial score (nSPS) is 20.2. The topological polar surface area (TPSA) is 52.6 Å². The minimum atomic E-state index is -0.352. The Kier molecular flexibility index (Phi) is 6.99. The Morgan fingerprint density at radius 1 is 1.16 bits per heavy atom. The van der Waals surface area contributed by atoms with E-state index in [4.69, 9.17) is 4.74 Å². The first-order chi connectivity index (χ1) is 12.0. The molecule has 0 aliphatic heterocycles. The predicted molar refractivity (Wildman–Crippen MR) is 98.0 cm³/mol. The van der Waals surface area contributed by atoms with E-state index in [0.29, 0.717) is 24.0 Å². The highest BCUT2D eigenvalue weighted by Gasteiger charge is 2.23. The van der Waals surface area contributed by atoms with Gasteiger partial charge >= 0.3 is 11.9 Å². The molecule has 1 aliphatic rings. The molecule has 0 aromatic heterocycles. The third kappa shape index (κ3) is 5.89. The van der Waals surface area contributed by atoms with Gasteiger partial charge in [-0.05, 0) is 61.6 Å². The molecule has 4 nitrogen and oxygen atoms in total. The summed E-state index contributed by atoms with van der Waals surface area (Å²) in [5.41, 5.74) is 2.76. The van der Waals surface area contributed by atoms with Crippen molar-refractivity contribution < 1.29 is 19.1 Å². The van der Waals surface area contributed by atoms with Crippen LogP contribution in [0.5, 0.6) is 0 Å². The third-order valence-corrected chi connectivity index (χ3v) is 4.67. The lowest BCUT2D eigenvalue weighted by atomic mass is 9.79. The van der Waals surface area contributed by atoms with Gasteiger partial charge in [-0.2, -0.15) is 0 Å². The number of hydrogen-bond donors (Lipinski definition) is 0. The van der Waals surface area contributed by atoms with Gasteiger partial charge in [-0.15, -0.1) is 0 Å². The van der Waals surface area contributed by atoms with E-state index < -0.39 is 0 Å². The molecule has 0 amide bonds. The predicted octanol–water partition coefficient (Wildman–Crippen LogP) is 4.27. The Hall–Kier alpha value is -2.36. The zero-order valence-electron chi connectivity index (χ0n) is 15.0. The van der Waals surface area contributed by atoms with Crippen LogP contribution in [0, 0.1) is 5.92 Å². The number of hydrogen-bond acceptors (Lipinski definition) is 4. The third-order valence-electron chi connectivity index (χ3n) is 4.67. The van der Waals surface area contributed by atoms with Gasteiger partial charge in [-0.3, -0.25) is 0 Å². The van der Waals surface area contributed by atoms with Crippen LogP contribution in [0.3, 0.4) is 0 Å². The zero-order chi connectivity index (χ0) is 18.2. The average molecular weight is 342 g/mol. The monoisotopic (exact) mass is 342 g/mol. The van der Waals surface area contributed by atoms with Gasteiger partial charge in [0.15, 0.2) is 0 Å². The Labute approximate surface area is 149 Å². The van der Waals surface area contributed by atoms with Gasteiger partial charge in [0.2, 0.25) is 0 Å². The van der Waals surface area contributed by atoms with Crippen LogP contribution < -0.4 is 0 Å². The minimum Gasteiger partial charge on any atom is -0.466 e. The molecule has 1 fully saturated rings. The van der Waals surface area contributed by atoms with Gasteiger partial charge < -0.3 is 9.47 Å². The van der Waals surface area contributed by atoms with Crippen LogP contribution >= 0.6 is 0 Å². The Morgan fingerprint density at radius 3 is 2.36 bits per heavy atom. The molecule has 1 aromatic rings. The maximum atomic E-state index is 11.5. The Bertz CT molecular complexity index is 634. The SMILES string of the molecule is C=C(C)C(=O)OCC1CCC(c2ccc(C=CC(=O)OC)cc2)CC1. The molecule has 1 aromatic carbocycles. The molecule has 0 unspecified atom stereocenters. The van der Waals surface area contributed by atoms with E-state index in [1.54, 1.807) is 13.0 Å². The number of carbonyl (C=O) groups is 2. The molecule has 134 valence electrons. The maximum Gasteiger partial charge on any atom is 0.333 e. The Balaban J connectivity index is 1.82. The lowest BCUT2D eigenvalue weighted by Gasteiger charge is -2.28. The van der Waals surface area contributed by atoms with Gasteiger partial charge in [0, 0.05) is 11.6 Å². The molecule has 1 saturated carbocycles. The molecule has 0 N–H and O–H groups in total. The van der Waals surface area contributed by atoms with Crippen molar-refractivity contribution in [2.24, 2.45) is 5.92 Å². The fraction of sp³-hybridized carbons (Fsp3) is 0.429. The van der Waals surface area contributed by atoms with Crippen molar-refractivity contribution in [3.63, 3.8) is 0 Å². The van der Waals surface area contributed by atoms with E-state index in [1.165, 1.54) is 18.7 Å². The molecule has 0 radical (unpaired) electrons. The van der Waals surface area contributed by atoms with Crippen LogP contribution in [-0.4, -0.2) is 25.7 Å². The molecule has 0 spiro atoms. The number of carbonyl (C=O) groups excluding carboxylic acids is 2. The summed E-state index contributed by atoms with van der Waals surface area (Å²) in [5, 5.41) is 0. The zero-order valence-corrected chi connectivity index (χ0v) is 15.0. The summed E-state index contributed by atoms with van der Waals surface area (Å²) in [6.45, 7) is 5.77. The van der Waals surface area contributed by atoms with Crippen LogP contribution in [0.15, 0.2) is 42.5 Å². The van der Waals surface area contributed by atoms with E-state index in [9.17, 15) is 9.59 Å². The largest absolute Gasteiger partial charge is 0.466 e. The van der Waals surface area contributed by atoms with Crippen molar-refractivity contribution in [1.29, 1.82) is 0 Å². The molecule has 0 heterocycles. The maximum absolute atomic E-state index is 11.5. The smallest absolute Gasteiger partial charge is 0.333 e. The standard InChI is InChI=1S/C21H26O4/c1-15(2)21(23)25-14-17-6-11-19(12-7-17)18-9-4-16(5-10-18)8-13-20(22)24-3/h4-5,8-10,13,17,19H,1,6-7,11-12,14H2,2-3H3. The fourth-order valence-electron chi connectivity index (χ4n) is 3.09. The highest BCUT2D eigenvalue weighted by atomic mass is 16.5. The van der Waals surface area contributed by atoms with Crippen molar-refractivity contribution in [3.8, 4) is 0 Å². The molecule has 25 heavy (non-hydrogen) atoms. The van der Waals surface area contributed by atoms with Gasteiger partial charge in [0.25, 0.3) is 0 Å². The second-order valence-corrected chi connectivity index (χ2v) is 6.62. The number of rotatable bonds is 6. The minimum absolute atomic E-state index is 0.294. The fourth-order valence-corrected chi connectivity index (χ4v) is 3.09. The van der Waals surface area contributed by atoms with Gasteiger partial charge in [0.1, 0.15) is 0 Å². The number of methoxy groups -OCH3 is 1. The van der Waals surface area contributed by atoms with E-state index in [2.05, 4.69) is 23.4 Å². The summed E-state index contributed by atoms with van der Waals surface area (Å²) in [4.78, 5) is 22.6. The summed E-state index contributed by atoms with van der Waals surface area (Å²) >= 11 is 0. The van der Waals surface area contributed by atoms with E-state index in [1.807, 2.05) is 12.1 Å². The van der Waals surface area contributed by atoms with Crippen molar-refractivity contribution in [2.75, 3.05) is 13.7 Å². The van der Waals surface area contributed by atoms with Crippen LogP contribution in [-0.2, 0) is 19.1 Å². The summed E-state index contributed by atoms with van der Waals surface area (Å²) in [7, 11) is 1.37. The molecule has 2 rings (SSSR count). The van der Waals surface area contributed by atoms with Crippen LogP contribution in [0.4, 0.5) is 0 Å². The van der Waals surface area contributed by atoms with Crippen molar-refractivity contribution >= 4 is 18.0 Å². The van der Waals surface area contributed by atoms with Crippen LogP contribution in [0.1, 0.15) is 49.7 Å². The van der Waals surface area contributed by atoms with Crippen LogP contribution in [0.2, 0.25) is 0 Å². The highest BCUT2D eigenvalue weighted by Crippen LogP contribution is 2.36. The van der Waals surface area contributed by atoms with E-state index in [0.717, 1.165) is 31.2 Å². The summed E-state index contributed by atoms with van der Waals surface area (Å²) < 4.78 is 9.86. The second-order valence-electron chi connectivity index (χ2n) is 6.62. The number of benzene rings is 1. The van der Waals surface area contributed by atoms with Gasteiger partial charge in [-0.1, -0.05) is 30.8 Å². The molecule has 0 bridgehead atoms. The van der Waals surface area contributed by atoms with Gasteiger partial charge in [0.05, 0.1) is 13.7 Å². The van der Waals surface area contributed by atoms with Crippen molar-refractivity contribution in [3.05, 3.63) is 53.6 Å². The van der Waals surface area contributed by atoms with Crippen molar-refractivity contribution in [1.82, 2.24) is 0 Å². The van der Waals surface area contributed by atoms with E-state index in [-0.39, 0.29) is 11.9 Å².